The van der Waals surface area contributed by atoms with Crippen molar-refractivity contribution in [1.82, 2.24) is 26.0 Å². The number of nitrogens with one attached hydrogen (secondary N) is 5. The number of hydrogen-bond acceptors (Lipinski definition) is 7. The number of sulfonamides is 1. The van der Waals surface area contributed by atoms with E-state index in [1.165, 1.54) is 24.3 Å². The van der Waals surface area contributed by atoms with Crippen LogP contribution in [0.2, 0.25) is 5.02 Å². The number of rotatable bonds is 15. The fraction of sp³-hybridized carbons (Fsp3) is 0.667. The molecule has 2 fully saturated rings. The highest BCUT2D eigenvalue weighted by molar-refractivity contribution is 7.89. The number of amides is 2. The largest absolute Gasteiger partial charge is 0.480 e. The van der Waals surface area contributed by atoms with Crippen LogP contribution in [0.4, 0.5) is 0 Å². The molecule has 1 aromatic carbocycles. The van der Waals surface area contributed by atoms with Crippen molar-refractivity contribution in [3.8, 4) is 0 Å². The summed E-state index contributed by atoms with van der Waals surface area (Å²) in [7, 11) is -4.16. The van der Waals surface area contributed by atoms with Gasteiger partial charge in [-0.05, 0) is 114 Å². The number of benzene rings is 1. The van der Waals surface area contributed by atoms with Crippen LogP contribution in [-0.2, 0) is 24.4 Å². The Balaban J connectivity index is 1.49. The highest BCUT2D eigenvalue weighted by atomic mass is 35.5. The molecule has 0 radical (unpaired) electrons. The zero-order valence-electron chi connectivity index (χ0n) is 22.8. The molecule has 2 saturated heterocycles. The molecule has 1 unspecified atom stereocenters. The van der Waals surface area contributed by atoms with Crippen LogP contribution in [0.25, 0.3) is 0 Å². The number of halogens is 1. The van der Waals surface area contributed by atoms with E-state index in [1.807, 2.05) is 0 Å². The van der Waals surface area contributed by atoms with Gasteiger partial charge >= 0.3 is 5.97 Å². The van der Waals surface area contributed by atoms with Gasteiger partial charge in [0.05, 0.1) is 11.4 Å². The molecule has 11 nitrogen and oxygen atoms in total. The number of carboxylic acids is 1. The van der Waals surface area contributed by atoms with Gasteiger partial charge in [-0.3, -0.25) is 14.4 Å². The van der Waals surface area contributed by atoms with E-state index in [2.05, 4.69) is 26.0 Å². The van der Waals surface area contributed by atoms with Gasteiger partial charge in [-0.15, -0.1) is 0 Å². The van der Waals surface area contributed by atoms with Crippen LogP contribution in [0.1, 0.15) is 51.4 Å². The molecule has 6 N–H and O–H groups in total. The Bertz CT molecular complexity index is 1050. The third-order valence-electron chi connectivity index (χ3n) is 7.78. The first-order valence-electron chi connectivity index (χ1n) is 14.1. The maximum absolute atomic E-state index is 13.1. The average Bonchev–Trinajstić information content (AvgIpc) is 2.95. The van der Waals surface area contributed by atoms with E-state index < -0.39 is 34.5 Å². The second kappa shape index (κ2) is 16.3. The van der Waals surface area contributed by atoms with E-state index in [0.717, 1.165) is 77.5 Å². The summed E-state index contributed by atoms with van der Waals surface area (Å²) in [5, 5.41) is 21.7. The van der Waals surface area contributed by atoms with Crippen molar-refractivity contribution in [3.05, 3.63) is 29.3 Å². The van der Waals surface area contributed by atoms with Gasteiger partial charge < -0.3 is 26.4 Å². The standard InChI is InChI=1S/C27H42ClN5O6S/c28-22-5-7-23(8-6-22)40(38,39)33-24(27(36)37)17-31-25(34)18-32-26(35)21(3-1-19-9-13-29-14-10-19)4-2-20-11-15-30-16-12-20/h5-8,19-21,24,29-30,33H,1-4,9-18H2,(H,31,34)(H,32,35)(H,36,37). The molecule has 2 aliphatic heterocycles. The first kappa shape index (κ1) is 32.3. The molecule has 2 amide bonds. The minimum absolute atomic E-state index is 0.151. The lowest BCUT2D eigenvalue weighted by molar-refractivity contribution is -0.139. The summed E-state index contributed by atoms with van der Waals surface area (Å²) in [5.41, 5.74) is 0. The van der Waals surface area contributed by atoms with E-state index >= 15 is 0 Å². The third kappa shape index (κ3) is 11.0. The average molecular weight is 600 g/mol. The van der Waals surface area contributed by atoms with E-state index in [1.54, 1.807) is 0 Å². The zero-order valence-corrected chi connectivity index (χ0v) is 24.4. The number of carbonyl (C=O) groups excluding carboxylic acids is 2. The molecule has 13 heteroatoms. The van der Waals surface area contributed by atoms with Gasteiger partial charge in [-0.1, -0.05) is 11.6 Å². The quantitative estimate of drug-likeness (QED) is 0.176. The molecular weight excluding hydrogens is 558 g/mol. The summed E-state index contributed by atoms with van der Waals surface area (Å²) < 4.78 is 27.2. The molecule has 2 heterocycles. The maximum atomic E-state index is 13.1. The zero-order chi connectivity index (χ0) is 29.0. The van der Waals surface area contributed by atoms with Gasteiger partial charge in [0.2, 0.25) is 21.8 Å². The fourth-order valence-electron chi connectivity index (χ4n) is 5.26. The van der Waals surface area contributed by atoms with E-state index in [4.69, 9.17) is 11.6 Å². The first-order chi connectivity index (χ1) is 19.1. The van der Waals surface area contributed by atoms with Crippen molar-refractivity contribution < 1.29 is 27.9 Å². The normalized spacial score (nSPS) is 17.9. The van der Waals surface area contributed by atoms with Crippen molar-refractivity contribution in [1.29, 1.82) is 0 Å². The molecule has 2 aliphatic rings. The lowest BCUT2D eigenvalue weighted by Gasteiger charge is -2.27. The van der Waals surface area contributed by atoms with E-state index in [0.29, 0.717) is 16.9 Å². The van der Waals surface area contributed by atoms with Crippen LogP contribution in [0, 0.1) is 17.8 Å². The van der Waals surface area contributed by atoms with Gasteiger partial charge in [0.1, 0.15) is 6.04 Å². The van der Waals surface area contributed by atoms with Gasteiger partial charge in [-0.25, -0.2) is 8.42 Å². The smallest absolute Gasteiger partial charge is 0.323 e. The summed E-state index contributed by atoms with van der Waals surface area (Å²) in [6.45, 7) is 3.22. The van der Waals surface area contributed by atoms with Crippen molar-refractivity contribution in [3.63, 3.8) is 0 Å². The predicted octanol–water partition coefficient (Wildman–Crippen LogP) is 1.48. The summed E-state index contributed by atoms with van der Waals surface area (Å²) in [4.78, 5) is 37.1. The third-order valence-corrected chi connectivity index (χ3v) is 9.52. The van der Waals surface area contributed by atoms with Gasteiger partial charge in [0.25, 0.3) is 0 Å². The molecular formula is C27H42ClN5O6S. The van der Waals surface area contributed by atoms with Crippen LogP contribution in [0.3, 0.4) is 0 Å². The number of carboxylic acid groups (broad SMARTS) is 1. The number of hydrogen-bond donors (Lipinski definition) is 6. The van der Waals surface area contributed by atoms with Crippen LogP contribution in [0.15, 0.2) is 29.2 Å². The minimum atomic E-state index is -4.16. The minimum Gasteiger partial charge on any atom is -0.480 e. The van der Waals surface area contributed by atoms with Crippen LogP contribution >= 0.6 is 11.6 Å². The van der Waals surface area contributed by atoms with Gasteiger partial charge in [0.15, 0.2) is 0 Å². The summed E-state index contributed by atoms with van der Waals surface area (Å²) in [6, 6.07) is 3.67. The Morgan fingerprint density at radius 2 is 1.43 bits per heavy atom. The SMILES string of the molecule is O=C(CNC(=O)C(CCC1CCNCC1)CCC1CCNCC1)NCC(NS(=O)(=O)c1ccc(Cl)cc1)C(=O)O. The Morgan fingerprint density at radius 1 is 0.900 bits per heavy atom. The molecule has 40 heavy (non-hydrogen) atoms. The molecule has 0 aliphatic carbocycles. The van der Waals surface area contributed by atoms with E-state index in [9.17, 15) is 27.9 Å². The molecule has 1 atom stereocenters. The monoisotopic (exact) mass is 599 g/mol. The molecule has 3 rings (SSSR count). The maximum Gasteiger partial charge on any atom is 0.323 e. The number of carbonyl (C=O) groups is 3. The Labute approximate surface area is 241 Å². The van der Waals surface area contributed by atoms with Crippen molar-refractivity contribution in [2.45, 2.75) is 62.3 Å². The number of piperidine rings is 2. The second-order valence-electron chi connectivity index (χ2n) is 10.7. The van der Waals surface area contributed by atoms with E-state index in [-0.39, 0.29) is 23.3 Å². The lowest BCUT2D eigenvalue weighted by Crippen LogP contribution is -2.50. The van der Waals surface area contributed by atoms with Crippen molar-refractivity contribution >= 4 is 39.4 Å². The second-order valence-corrected chi connectivity index (χ2v) is 12.9. The predicted molar refractivity (Wildman–Crippen MR) is 152 cm³/mol. The summed E-state index contributed by atoms with van der Waals surface area (Å²) >= 11 is 5.79. The highest BCUT2D eigenvalue weighted by Crippen LogP contribution is 2.27. The first-order valence-corrected chi connectivity index (χ1v) is 16.0. The van der Waals surface area contributed by atoms with Crippen LogP contribution in [-0.4, -0.2) is 76.6 Å². The summed E-state index contributed by atoms with van der Waals surface area (Å²) in [5.74, 6) is -1.20. The van der Waals surface area contributed by atoms with Gasteiger partial charge in [-0.2, -0.15) is 4.72 Å². The molecule has 0 bridgehead atoms. The molecule has 0 saturated carbocycles. The Kier molecular flexibility index (Phi) is 13.1. The molecule has 0 aromatic heterocycles. The molecule has 224 valence electrons. The van der Waals surface area contributed by atoms with Crippen LogP contribution in [0.5, 0.6) is 0 Å². The van der Waals surface area contributed by atoms with Crippen LogP contribution < -0.4 is 26.0 Å². The molecule has 0 spiro atoms. The fourth-order valence-corrected chi connectivity index (χ4v) is 6.57. The Hall–Kier alpha value is -2.25. The Morgan fingerprint density at radius 3 is 1.93 bits per heavy atom. The van der Waals surface area contributed by atoms with Gasteiger partial charge in [0, 0.05) is 17.5 Å². The summed E-state index contributed by atoms with van der Waals surface area (Å²) in [6.07, 6.45) is 7.94. The van der Waals surface area contributed by atoms with Crippen molar-refractivity contribution in [2.24, 2.45) is 17.8 Å². The lowest BCUT2D eigenvalue weighted by atomic mass is 9.84. The van der Waals surface area contributed by atoms with Crippen molar-refractivity contribution in [2.75, 3.05) is 39.3 Å². The highest BCUT2D eigenvalue weighted by Gasteiger charge is 2.27. The molecule has 1 aromatic rings. The number of aliphatic carboxylic acids is 1. The topological polar surface area (TPSA) is 166 Å².